The largest absolute Gasteiger partial charge is 0.382 e. The third-order valence-corrected chi connectivity index (χ3v) is 4.18. The van der Waals surface area contributed by atoms with Gasteiger partial charge < -0.3 is 19.5 Å². The van der Waals surface area contributed by atoms with E-state index < -0.39 is 0 Å². The number of hydrogen-bond donors (Lipinski definition) is 1. The lowest BCUT2D eigenvalue weighted by atomic mass is 9.93. The van der Waals surface area contributed by atoms with E-state index in [0.717, 1.165) is 26.2 Å². The quantitative estimate of drug-likeness (QED) is 0.618. The van der Waals surface area contributed by atoms with Gasteiger partial charge in [0.2, 0.25) is 0 Å². The van der Waals surface area contributed by atoms with Crippen molar-refractivity contribution in [3.63, 3.8) is 0 Å². The summed E-state index contributed by atoms with van der Waals surface area (Å²) in [4.78, 5) is 2.54. The lowest BCUT2D eigenvalue weighted by Crippen LogP contribution is -2.63. The van der Waals surface area contributed by atoms with E-state index in [-0.39, 0.29) is 5.54 Å². The summed E-state index contributed by atoms with van der Waals surface area (Å²) in [7, 11) is 1.68. The van der Waals surface area contributed by atoms with E-state index in [0.29, 0.717) is 38.4 Å². The van der Waals surface area contributed by atoms with E-state index in [1.807, 2.05) is 0 Å². The zero-order valence-electron chi connectivity index (χ0n) is 14.5. The Morgan fingerprint density at radius 1 is 1.10 bits per heavy atom. The van der Waals surface area contributed by atoms with E-state index in [1.54, 1.807) is 7.11 Å². The molecule has 1 aliphatic heterocycles. The molecule has 0 radical (unpaired) electrons. The highest BCUT2D eigenvalue weighted by Crippen LogP contribution is 2.20. The van der Waals surface area contributed by atoms with Crippen molar-refractivity contribution >= 4 is 0 Å². The van der Waals surface area contributed by atoms with Crippen LogP contribution in [0, 0.1) is 5.92 Å². The van der Waals surface area contributed by atoms with Crippen LogP contribution in [-0.4, -0.2) is 76.3 Å². The second-order valence-corrected chi connectivity index (χ2v) is 6.71. The Balaban J connectivity index is 2.16. The van der Waals surface area contributed by atoms with Crippen LogP contribution in [0.5, 0.6) is 0 Å². The Morgan fingerprint density at radius 3 is 2.33 bits per heavy atom. The summed E-state index contributed by atoms with van der Waals surface area (Å²) in [5.41, 5.74) is 0.198. The van der Waals surface area contributed by atoms with Gasteiger partial charge in [-0.05, 0) is 19.8 Å². The van der Waals surface area contributed by atoms with E-state index in [9.17, 15) is 0 Å². The molecule has 0 aromatic rings. The van der Waals surface area contributed by atoms with Crippen LogP contribution in [0.1, 0.15) is 27.7 Å². The molecule has 1 atom stereocenters. The topological polar surface area (TPSA) is 43.0 Å². The molecule has 1 saturated heterocycles. The van der Waals surface area contributed by atoms with Crippen molar-refractivity contribution in [2.75, 3.05) is 59.8 Å². The Morgan fingerprint density at radius 2 is 1.71 bits per heavy atom. The SMILES string of the molecule is COCCOCCOCCN1CC(C(C)C)NCC1(C)C. The molecule has 1 N–H and O–H groups in total. The van der Waals surface area contributed by atoms with Crippen LogP contribution >= 0.6 is 0 Å². The van der Waals surface area contributed by atoms with Gasteiger partial charge in [0.25, 0.3) is 0 Å². The number of rotatable bonds is 10. The molecule has 1 aliphatic rings. The lowest BCUT2D eigenvalue weighted by molar-refractivity contribution is -0.00212. The maximum absolute atomic E-state index is 5.68. The highest BCUT2D eigenvalue weighted by molar-refractivity contribution is 4.93. The molecule has 0 saturated carbocycles. The maximum atomic E-state index is 5.68. The van der Waals surface area contributed by atoms with Crippen LogP contribution in [0.3, 0.4) is 0 Å². The minimum absolute atomic E-state index is 0.198. The third-order valence-electron chi connectivity index (χ3n) is 4.18. The van der Waals surface area contributed by atoms with E-state index in [1.165, 1.54) is 0 Å². The van der Waals surface area contributed by atoms with Crippen LogP contribution in [-0.2, 0) is 14.2 Å². The number of methoxy groups -OCH3 is 1. The summed E-state index contributed by atoms with van der Waals surface area (Å²) in [6.07, 6.45) is 0. The third kappa shape index (κ3) is 7.06. The van der Waals surface area contributed by atoms with Crippen molar-refractivity contribution in [1.82, 2.24) is 10.2 Å². The zero-order chi connectivity index (χ0) is 15.7. The number of nitrogens with zero attached hydrogens (tertiary/aromatic N) is 1. The Bertz CT molecular complexity index is 272. The molecular formula is C16H34N2O3. The first-order chi connectivity index (χ1) is 9.97. The molecule has 1 rings (SSSR count). The number of nitrogens with one attached hydrogen (secondary N) is 1. The fourth-order valence-electron chi connectivity index (χ4n) is 2.52. The predicted octanol–water partition coefficient (Wildman–Crippen LogP) is 1.37. The summed E-state index contributed by atoms with van der Waals surface area (Å²) in [5.74, 6) is 0.665. The van der Waals surface area contributed by atoms with Gasteiger partial charge in [0, 0.05) is 38.3 Å². The highest BCUT2D eigenvalue weighted by atomic mass is 16.5. The van der Waals surface area contributed by atoms with Crippen molar-refractivity contribution in [3.05, 3.63) is 0 Å². The van der Waals surface area contributed by atoms with Crippen molar-refractivity contribution < 1.29 is 14.2 Å². The van der Waals surface area contributed by atoms with Crippen LogP contribution in [0.15, 0.2) is 0 Å². The fraction of sp³-hybridized carbons (Fsp3) is 1.00. The molecule has 1 unspecified atom stereocenters. The molecule has 1 heterocycles. The molecule has 21 heavy (non-hydrogen) atoms. The minimum atomic E-state index is 0.198. The van der Waals surface area contributed by atoms with Gasteiger partial charge in [-0.2, -0.15) is 0 Å². The van der Waals surface area contributed by atoms with E-state index in [2.05, 4.69) is 37.9 Å². The summed E-state index contributed by atoms with van der Waals surface area (Å²) < 4.78 is 16.0. The first kappa shape index (κ1) is 18.8. The van der Waals surface area contributed by atoms with Crippen molar-refractivity contribution in [1.29, 1.82) is 0 Å². The highest BCUT2D eigenvalue weighted by Gasteiger charge is 2.34. The monoisotopic (exact) mass is 302 g/mol. The Kier molecular flexibility index (Phi) is 8.74. The minimum Gasteiger partial charge on any atom is -0.382 e. The fourth-order valence-corrected chi connectivity index (χ4v) is 2.52. The number of hydrogen-bond acceptors (Lipinski definition) is 5. The van der Waals surface area contributed by atoms with Gasteiger partial charge in [-0.25, -0.2) is 0 Å². The first-order valence-corrected chi connectivity index (χ1v) is 8.10. The number of ether oxygens (including phenoxy) is 3. The zero-order valence-corrected chi connectivity index (χ0v) is 14.5. The molecular weight excluding hydrogens is 268 g/mol. The smallest absolute Gasteiger partial charge is 0.0701 e. The second-order valence-electron chi connectivity index (χ2n) is 6.71. The van der Waals surface area contributed by atoms with E-state index >= 15 is 0 Å². The Hall–Kier alpha value is -0.200. The molecule has 1 fully saturated rings. The first-order valence-electron chi connectivity index (χ1n) is 8.10. The molecule has 0 aromatic heterocycles. The molecule has 0 spiro atoms. The van der Waals surface area contributed by atoms with Crippen molar-refractivity contribution in [2.45, 2.75) is 39.3 Å². The maximum Gasteiger partial charge on any atom is 0.0701 e. The van der Waals surface area contributed by atoms with Crippen molar-refractivity contribution in [2.24, 2.45) is 5.92 Å². The summed E-state index contributed by atoms with van der Waals surface area (Å²) in [5, 5.41) is 3.65. The molecule has 5 heteroatoms. The van der Waals surface area contributed by atoms with Gasteiger partial charge in [0.15, 0.2) is 0 Å². The normalized spacial score (nSPS) is 22.9. The summed E-state index contributed by atoms with van der Waals surface area (Å²) in [6, 6.07) is 0.579. The van der Waals surface area contributed by atoms with Gasteiger partial charge in [0.05, 0.1) is 33.0 Å². The molecule has 0 amide bonds. The van der Waals surface area contributed by atoms with Gasteiger partial charge in [0.1, 0.15) is 0 Å². The molecule has 0 aliphatic carbocycles. The van der Waals surface area contributed by atoms with Crippen molar-refractivity contribution in [3.8, 4) is 0 Å². The van der Waals surface area contributed by atoms with Gasteiger partial charge in [-0.3, -0.25) is 4.90 Å². The predicted molar refractivity (Wildman–Crippen MR) is 85.8 cm³/mol. The van der Waals surface area contributed by atoms with Gasteiger partial charge >= 0.3 is 0 Å². The van der Waals surface area contributed by atoms with Crippen LogP contribution in [0.25, 0.3) is 0 Å². The Labute approximate surface area is 130 Å². The molecule has 0 bridgehead atoms. The summed E-state index contributed by atoms with van der Waals surface area (Å²) >= 11 is 0. The summed E-state index contributed by atoms with van der Waals surface area (Å²) in [6.45, 7) is 15.6. The van der Waals surface area contributed by atoms with E-state index in [4.69, 9.17) is 14.2 Å². The van der Waals surface area contributed by atoms with Crippen LogP contribution < -0.4 is 5.32 Å². The van der Waals surface area contributed by atoms with Crippen LogP contribution in [0.4, 0.5) is 0 Å². The molecule has 126 valence electrons. The van der Waals surface area contributed by atoms with Gasteiger partial charge in [-0.15, -0.1) is 0 Å². The molecule has 0 aromatic carbocycles. The lowest BCUT2D eigenvalue weighted by Gasteiger charge is -2.47. The molecule has 5 nitrogen and oxygen atoms in total. The average molecular weight is 302 g/mol. The standard InChI is InChI=1S/C16H34N2O3/c1-14(2)15-12-18(16(3,4)13-17-15)6-7-20-10-11-21-9-8-19-5/h14-15,17H,6-13H2,1-5H3. The average Bonchev–Trinajstić information content (AvgIpc) is 2.42. The van der Waals surface area contributed by atoms with Gasteiger partial charge in [-0.1, -0.05) is 13.8 Å². The van der Waals surface area contributed by atoms with Crippen LogP contribution in [0.2, 0.25) is 0 Å². The number of piperazine rings is 1. The second kappa shape index (κ2) is 9.74.